The number of hydrogen-bond donors (Lipinski definition) is 1. The summed E-state index contributed by atoms with van der Waals surface area (Å²) in [4.78, 5) is 50.2. The number of hydrogen-bond acceptors (Lipinski definition) is 8. The molecule has 186 valence electrons. The molecule has 11 heteroatoms. The van der Waals surface area contributed by atoms with Gasteiger partial charge in [-0.1, -0.05) is 12.1 Å². The predicted octanol–water partition coefficient (Wildman–Crippen LogP) is 2.55. The molecular weight excluding hydrogens is 444 g/mol. The number of anilines is 1. The molecule has 0 aliphatic carbocycles. The van der Waals surface area contributed by atoms with Crippen LogP contribution < -0.4 is 4.90 Å². The van der Waals surface area contributed by atoms with Gasteiger partial charge in [-0.15, -0.1) is 0 Å². The van der Waals surface area contributed by atoms with Crippen LogP contribution in [-0.2, 0) is 23.9 Å². The Hall–Kier alpha value is -3.47. The first-order valence-corrected chi connectivity index (χ1v) is 10.6. The zero-order chi connectivity index (χ0) is 26.1. The normalized spacial score (nSPS) is 18.3. The highest BCUT2D eigenvalue weighted by atomic mass is 16.6. The molecule has 1 aromatic carbocycles. The fourth-order valence-corrected chi connectivity index (χ4v) is 3.24. The van der Waals surface area contributed by atoms with Crippen molar-refractivity contribution in [1.29, 1.82) is 0 Å². The van der Waals surface area contributed by atoms with E-state index in [1.54, 1.807) is 65.8 Å². The molecule has 2 rings (SSSR count). The van der Waals surface area contributed by atoms with Gasteiger partial charge in [0.1, 0.15) is 23.5 Å². The summed E-state index contributed by atoms with van der Waals surface area (Å²) in [5, 5.41) is 16.1. The van der Waals surface area contributed by atoms with Crippen LogP contribution in [0.1, 0.15) is 54.0 Å². The van der Waals surface area contributed by atoms with Crippen LogP contribution in [0.4, 0.5) is 10.5 Å². The van der Waals surface area contributed by atoms with Gasteiger partial charge >= 0.3 is 12.1 Å². The number of amides is 3. The smallest absolute Gasteiger partial charge is 0.435 e. The molecule has 1 N–H and O–H groups in total. The number of esters is 1. The van der Waals surface area contributed by atoms with Crippen molar-refractivity contribution in [3.63, 3.8) is 0 Å². The third kappa shape index (κ3) is 5.90. The van der Waals surface area contributed by atoms with Gasteiger partial charge in [-0.25, -0.2) is 9.80 Å². The second kappa shape index (κ2) is 9.41. The fourth-order valence-electron chi connectivity index (χ4n) is 3.24. The molecule has 0 fully saturated rings. The lowest BCUT2D eigenvalue weighted by Gasteiger charge is -2.33. The lowest BCUT2D eigenvalue weighted by Crippen LogP contribution is -2.59. The van der Waals surface area contributed by atoms with Crippen molar-refractivity contribution in [3.8, 4) is 0 Å². The lowest BCUT2D eigenvalue weighted by atomic mass is 9.90. The van der Waals surface area contributed by atoms with E-state index < -0.39 is 34.7 Å². The van der Waals surface area contributed by atoms with Crippen molar-refractivity contribution >= 4 is 35.8 Å². The van der Waals surface area contributed by atoms with E-state index in [0.717, 1.165) is 5.01 Å². The van der Waals surface area contributed by atoms with E-state index in [4.69, 9.17) is 9.47 Å². The quantitative estimate of drug-likeness (QED) is 0.289. The molecule has 0 saturated heterocycles. The number of hydroxylamine groups is 2. The largest absolute Gasteiger partial charge is 0.459 e. The van der Waals surface area contributed by atoms with Crippen molar-refractivity contribution in [1.82, 2.24) is 10.1 Å². The van der Waals surface area contributed by atoms with Crippen LogP contribution in [-0.4, -0.2) is 75.7 Å². The van der Waals surface area contributed by atoms with Gasteiger partial charge in [0.05, 0.1) is 0 Å². The highest BCUT2D eigenvalue weighted by Gasteiger charge is 2.54. The summed E-state index contributed by atoms with van der Waals surface area (Å²) in [7, 11) is 1.40. The highest BCUT2D eigenvalue weighted by molar-refractivity contribution is 6.24. The van der Waals surface area contributed by atoms with Gasteiger partial charge < -0.3 is 14.4 Å². The zero-order valence-electron chi connectivity index (χ0n) is 20.8. The Kier molecular flexibility index (Phi) is 7.41. The van der Waals surface area contributed by atoms with E-state index in [9.17, 15) is 24.4 Å². The molecule has 1 aromatic rings. The van der Waals surface area contributed by atoms with Crippen LogP contribution in [0.3, 0.4) is 0 Å². The zero-order valence-corrected chi connectivity index (χ0v) is 20.8. The minimum Gasteiger partial charge on any atom is -0.459 e. The molecule has 0 aromatic heterocycles. The second-order valence-electron chi connectivity index (χ2n) is 10.0. The number of likely N-dealkylation sites (N-methyl/N-ethyl adjacent to an activating group) is 1. The number of rotatable bonds is 6. The maximum atomic E-state index is 12.9. The number of nitrogens with zero attached hydrogens (tertiary/aromatic N) is 4. The first-order chi connectivity index (χ1) is 15.5. The summed E-state index contributed by atoms with van der Waals surface area (Å²) >= 11 is 0. The van der Waals surface area contributed by atoms with Crippen LogP contribution in [0.25, 0.3) is 0 Å². The number of carbonyl (C=O) groups excluding carboxylic acids is 4. The Morgan fingerprint density at radius 1 is 1.09 bits per heavy atom. The summed E-state index contributed by atoms with van der Waals surface area (Å²) in [6.07, 6.45) is -0.599. The fraction of sp³-hybridized carbons (Fsp3) is 0.522. The van der Waals surface area contributed by atoms with Gasteiger partial charge in [0.25, 0.3) is 5.91 Å². The number of carbonyl (C=O) groups is 4. The van der Waals surface area contributed by atoms with E-state index in [2.05, 4.69) is 5.10 Å². The monoisotopic (exact) mass is 476 g/mol. The Morgan fingerprint density at radius 2 is 1.62 bits per heavy atom. The number of ether oxygens (including phenoxy) is 2. The standard InChI is InChI=1S/C23H32N4O7/c1-21(2,3)33-17(29)13-26(14-28)16-11-9-15(10-12-16)18-23(7,19(30)25(8)24-18)27(32)20(31)34-22(4,5)6/h9-12,14,32H,13H2,1-8H3. The van der Waals surface area contributed by atoms with Crippen molar-refractivity contribution in [2.24, 2.45) is 5.10 Å². The highest BCUT2D eigenvalue weighted by Crippen LogP contribution is 2.31. The predicted molar refractivity (Wildman–Crippen MR) is 123 cm³/mol. The molecule has 1 atom stereocenters. The Labute approximate surface area is 198 Å². The summed E-state index contributed by atoms with van der Waals surface area (Å²) in [6, 6.07) is 6.23. The maximum absolute atomic E-state index is 12.9. The molecule has 1 unspecified atom stereocenters. The molecule has 34 heavy (non-hydrogen) atoms. The Balaban J connectivity index is 2.32. The first kappa shape index (κ1) is 26.8. The molecule has 3 amide bonds. The van der Waals surface area contributed by atoms with E-state index in [1.165, 1.54) is 18.9 Å². The van der Waals surface area contributed by atoms with Gasteiger partial charge in [-0.05, 0) is 60.6 Å². The molecule has 0 radical (unpaired) electrons. The summed E-state index contributed by atoms with van der Waals surface area (Å²) < 4.78 is 10.5. The Bertz CT molecular complexity index is 992. The average molecular weight is 477 g/mol. The molecule has 11 nitrogen and oxygen atoms in total. The minimum atomic E-state index is -1.85. The van der Waals surface area contributed by atoms with E-state index in [0.29, 0.717) is 17.7 Å². The Morgan fingerprint density at radius 3 is 2.09 bits per heavy atom. The summed E-state index contributed by atoms with van der Waals surface area (Å²) in [6.45, 7) is 11.1. The number of benzene rings is 1. The van der Waals surface area contributed by atoms with Crippen molar-refractivity contribution in [2.75, 3.05) is 18.5 Å². The SMILES string of the molecule is CN1N=C(c2ccc(N(C=O)CC(=O)OC(C)(C)C)cc2)C(C)(N(O)C(=O)OC(C)(C)C)C1=O. The van der Waals surface area contributed by atoms with E-state index in [1.807, 2.05) is 0 Å². The third-order valence-electron chi connectivity index (χ3n) is 4.73. The maximum Gasteiger partial charge on any atom is 0.435 e. The van der Waals surface area contributed by atoms with Gasteiger partial charge in [0.15, 0.2) is 5.54 Å². The van der Waals surface area contributed by atoms with E-state index in [-0.39, 0.29) is 17.3 Å². The van der Waals surface area contributed by atoms with Crippen molar-refractivity contribution in [3.05, 3.63) is 29.8 Å². The molecule has 1 aliphatic heterocycles. The molecular formula is C23H32N4O7. The first-order valence-electron chi connectivity index (χ1n) is 10.6. The minimum absolute atomic E-state index is 0.102. The van der Waals surface area contributed by atoms with Gasteiger partial charge in [-0.2, -0.15) is 10.2 Å². The second-order valence-corrected chi connectivity index (χ2v) is 10.0. The third-order valence-corrected chi connectivity index (χ3v) is 4.73. The average Bonchev–Trinajstić information content (AvgIpc) is 2.94. The van der Waals surface area contributed by atoms with Crippen molar-refractivity contribution < 1.29 is 33.9 Å². The number of hydrazone groups is 1. The lowest BCUT2D eigenvalue weighted by molar-refractivity contribution is -0.162. The van der Waals surface area contributed by atoms with E-state index >= 15 is 0 Å². The molecule has 1 aliphatic rings. The molecule has 0 bridgehead atoms. The molecule has 1 heterocycles. The van der Waals surface area contributed by atoms with Crippen molar-refractivity contribution in [2.45, 2.75) is 65.2 Å². The summed E-state index contributed by atoms with van der Waals surface area (Å²) in [5.74, 6) is -1.21. The van der Waals surface area contributed by atoms with Gasteiger partial charge in [0.2, 0.25) is 6.41 Å². The van der Waals surface area contributed by atoms with Crippen LogP contribution in [0.2, 0.25) is 0 Å². The topological polar surface area (TPSA) is 129 Å². The van der Waals surface area contributed by atoms with Gasteiger partial charge in [0, 0.05) is 18.3 Å². The van der Waals surface area contributed by atoms with Crippen LogP contribution in [0.15, 0.2) is 29.4 Å². The van der Waals surface area contributed by atoms with Crippen LogP contribution in [0.5, 0.6) is 0 Å². The van der Waals surface area contributed by atoms with Crippen LogP contribution >= 0.6 is 0 Å². The molecule has 0 saturated carbocycles. The summed E-state index contributed by atoms with van der Waals surface area (Å²) in [5.41, 5.74) is -2.52. The van der Waals surface area contributed by atoms with Gasteiger partial charge in [-0.3, -0.25) is 19.6 Å². The van der Waals surface area contributed by atoms with Crippen LogP contribution in [0, 0.1) is 0 Å². The molecule has 0 spiro atoms.